The first-order valence-corrected chi connectivity index (χ1v) is 13.6. The molecule has 0 radical (unpaired) electrons. The molecular formula is C29H41N3O10. The zero-order chi connectivity index (χ0) is 31.7. The second-order valence-electron chi connectivity index (χ2n) is 11.7. The first-order chi connectivity index (χ1) is 19.5. The molecular weight excluding hydrogens is 550 g/mol. The number of esters is 3. The molecule has 13 heteroatoms. The topological polar surface area (TPSA) is 158 Å². The van der Waals surface area contributed by atoms with Gasteiger partial charge in [0.2, 0.25) is 11.8 Å². The summed E-state index contributed by atoms with van der Waals surface area (Å²) in [5, 5.41) is 2.40. The van der Waals surface area contributed by atoms with Crippen LogP contribution in [0.3, 0.4) is 0 Å². The van der Waals surface area contributed by atoms with Gasteiger partial charge in [-0.1, -0.05) is 30.3 Å². The molecule has 1 aliphatic heterocycles. The Kier molecular flexibility index (Phi) is 11.9. The predicted molar refractivity (Wildman–Crippen MR) is 149 cm³/mol. The molecule has 2 rings (SSSR count). The standard InChI is InChI=1S/C29H41N3O10/c1-28(2,3)41-24(35)17-31-13-14-32(21(26(31)37)16-22(33)39-7)25(36)20(30-27(38)42-29(4,5)6)15-23(34)40-18-19-11-9-8-10-12-19/h8-12,20-21H,13-18H2,1-7H3,(H,30,38)/t20-,21?/m0/s1. The van der Waals surface area contributed by atoms with Gasteiger partial charge in [0, 0.05) is 13.1 Å². The molecule has 1 aromatic rings. The van der Waals surface area contributed by atoms with Crippen molar-refractivity contribution in [2.24, 2.45) is 0 Å². The fourth-order valence-electron chi connectivity index (χ4n) is 4.04. The number of hydrogen-bond acceptors (Lipinski definition) is 10. The van der Waals surface area contributed by atoms with Crippen LogP contribution in [0.15, 0.2) is 30.3 Å². The van der Waals surface area contributed by atoms with Gasteiger partial charge in [-0.3, -0.25) is 24.0 Å². The van der Waals surface area contributed by atoms with Gasteiger partial charge in [0.15, 0.2) is 0 Å². The van der Waals surface area contributed by atoms with E-state index in [2.05, 4.69) is 5.32 Å². The Morgan fingerprint density at radius 2 is 1.52 bits per heavy atom. The van der Waals surface area contributed by atoms with Crippen molar-refractivity contribution in [1.29, 1.82) is 0 Å². The highest BCUT2D eigenvalue weighted by Gasteiger charge is 2.43. The SMILES string of the molecule is COC(=O)CC1C(=O)N(CC(=O)OC(C)(C)C)CCN1C(=O)[C@H](CC(=O)OCc1ccccc1)NC(=O)OC(C)(C)C. The van der Waals surface area contributed by atoms with Crippen molar-refractivity contribution < 1.29 is 47.7 Å². The van der Waals surface area contributed by atoms with Crippen molar-refractivity contribution in [2.75, 3.05) is 26.7 Å². The lowest BCUT2D eigenvalue weighted by atomic mass is 10.0. The van der Waals surface area contributed by atoms with Crippen LogP contribution in [0.1, 0.15) is 59.9 Å². The first-order valence-electron chi connectivity index (χ1n) is 13.6. The van der Waals surface area contributed by atoms with E-state index >= 15 is 0 Å². The molecule has 2 atom stereocenters. The van der Waals surface area contributed by atoms with Gasteiger partial charge >= 0.3 is 24.0 Å². The lowest BCUT2D eigenvalue weighted by Crippen LogP contribution is -2.63. The van der Waals surface area contributed by atoms with Gasteiger partial charge in [0.25, 0.3) is 0 Å². The largest absolute Gasteiger partial charge is 0.469 e. The second-order valence-corrected chi connectivity index (χ2v) is 11.7. The first kappa shape index (κ1) is 34.0. The summed E-state index contributed by atoms with van der Waals surface area (Å²) < 4.78 is 20.6. The summed E-state index contributed by atoms with van der Waals surface area (Å²) in [7, 11) is 1.13. The van der Waals surface area contributed by atoms with E-state index < -0.39 is 71.9 Å². The van der Waals surface area contributed by atoms with Gasteiger partial charge in [0.05, 0.1) is 20.0 Å². The molecule has 232 valence electrons. The lowest BCUT2D eigenvalue weighted by molar-refractivity contribution is -0.165. The number of nitrogens with zero attached hydrogens (tertiary/aromatic N) is 2. The Hall–Kier alpha value is -4.16. The van der Waals surface area contributed by atoms with Crippen LogP contribution < -0.4 is 5.32 Å². The average molecular weight is 592 g/mol. The highest BCUT2D eigenvalue weighted by atomic mass is 16.6. The highest BCUT2D eigenvalue weighted by Crippen LogP contribution is 2.19. The molecule has 1 heterocycles. The number of carbonyl (C=O) groups excluding carboxylic acids is 6. The number of piperazine rings is 1. The maximum Gasteiger partial charge on any atom is 0.408 e. The molecule has 1 N–H and O–H groups in total. The third kappa shape index (κ3) is 11.4. The molecule has 42 heavy (non-hydrogen) atoms. The number of carbonyl (C=O) groups is 6. The third-order valence-electron chi connectivity index (χ3n) is 5.80. The van der Waals surface area contributed by atoms with Gasteiger partial charge in [-0.25, -0.2) is 4.79 Å². The van der Waals surface area contributed by atoms with Crippen molar-refractivity contribution in [3.63, 3.8) is 0 Å². The Labute approximate surface area is 245 Å². The minimum atomic E-state index is -1.48. The zero-order valence-electron chi connectivity index (χ0n) is 25.3. The van der Waals surface area contributed by atoms with Crippen LogP contribution in [-0.2, 0) is 49.5 Å². The van der Waals surface area contributed by atoms with E-state index in [4.69, 9.17) is 18.9 Å². The summed E-state index contributed by atoms with van der Waals surface area (Å²) in [4.78, 5) is 79.5. The predicted octanol–water partition coefficient (Wildman–Crippen LogP) is 1.96. The number of ether oxygens (including phenoxy) is 4. The summed E-state index contributed by atoms with van der Waals surface area (Å²) >= 11 is 0. The van der Waals surface area contributed by atoms with Crippen LogP contribution in [0.2, 0.25) is 0 Å². The second kappa shape index (κ2) is 14.6. The summed E-state index contributed by atoms with van der Waals surface area (Å²) in [6.07, 6.45) is -2.04. The van der Waals surface area contributed by atoms with Gasteiger partial charge in [-0.15, -0.1) is 0 Å². The van der Waals surface area contributed by atoms with E-state index in [0.717, 1.165) is 17.6 Å². The van der Waals surface area contributed by atoms with Gasteiger partial charge < -0.3 is 34.1 Å². The number of rotatable bonds is 10. The van der Waals surface area contributed by atoms with Gasteiger partial charge in [-0.05, 0) is 47.1 Å². The number of hydrogen-bond donors (Lipinski definition) is 1. The number of methoxy groups -OCH3 is 1. The van der Waals surface area contributed by atoms with Crippen LogP contribution >= 0.6 is 0 Å². The van der Waals surface area contributed by atoms with E-state index in [0.29, 0.717) is 0 Å². The minimum absolute atomic E-state index is 0.0557. The van der Waals surface area contributed by atoms with E-state index in [1.807, 2.05) is 6.07 Å². The van der Waals surface area contributed by atoms with Crippen LogP contribution in [0.4, 0.5) is 4.79 Å². The molecule has 1 fully saturated rings. The van der Waals surface area contributed by atoms with Crippen LogP contribution in [0.5, 0.6) is 0 Å². The van der Waals surface area contributed by atoms with E-state index in [1.54, 1.807) is 65.8 Å². The number of alkyl carbamates (subject to hydrolysis) is 1. The normalized spacial score (nSPS) is 16.3. The van der Waals surface area contributed by atoms with Crippen molar-refractivity contribution in [3.8, 4) is 0 Å². The minimum Gasteiger partial charge on any atom is -0.469 e. The van der Waals surface area contributed by atoms with Crippen LogP contribution in [0, 0.1) is 0 Å². The molecule has 1 aliphatic rings. The highest BCUT2D eigenvalue weighted by molar-refractivity contribution is 5.96. The molecule has 3 amide bonds. The van der Waals surface area contributed by atoms with Crippen LogP contribution in [0.25, 0.3) is 0 Å². The molecule has 0 aromatic heterocycles. The quantitative estimate of drug-likeness (QED) is 0.315. The number of amides is 3. The van der Waals surface area contributed by atoms with E-state index in [9.17, 15) is 28.8 Å². The third-order valence-corrected chi connectivity index (χ3v) is 5.80. The summed E-state index contributed by atoms with van der Waals surface area (Å²) in [6, 6.07) is 6.05. The molecule has 1 aromatic carbocycles. The molecule has 1 saturated heterocycles. The van der Waals surface area contributed by atoms with Crippen molar-refractivity contribution in [3.05, 3.63) is 35.9 Å². The van der Waals surface area contributed by atoms with Crippen LogP contribution in [-0.4, -0.2) is 95.6 Å². The Balaban J connectivity index is 2.27. The Morgan fingerprint density at radius 3 is 2.10 bits per heavy atom. The Bertz CT molecular complexity index is 1140. The summed E-state index contributed by atoms with van der Waals surface area (Å²) in [5.41, 5.74) is -0.958. The zero-order valence-corrected chi connectivity index (χ0v) is 25.3. The lowest BCUT2D eigenvalue weighted by Gasteiger charge is -2.41. The molecule has 0 aliphatic carbocycles. The molecule has 0 spiro atoms. The van der Waals surface area contributed by atoms with Crippen molar-refractivity contribution in [1.82, 2.24) is 15.1 Å². The average Bonchev–Trinajstić information content (AvgIpc) is 2.87. The van der Waals surface area contributed by atoms with E-state index in [1.165, 1.54) is 4.90 Å². The van der Waals surface area contributed by atoms with Gasteiger partial charge in [0.1, 0.15) is 36.4 Å². The maximum atomic E-state index is 13.8. The molecule has 0 saturated carbocycles. The number of benzene rings is 1. The summed E-state index contributed by atoms with van der Waals surface area (Å²) in [5.74, 6) is -3.71. The maximum absolute atomic E-state index is 13.8. The Morgan fingerprint density at radius 1 is 0.905 bits per heavy atom. The smallest absolute Gasteiger partial charge is 0.408 e. The molecule has 0 bridgehead atoms. The number of nitrogens with one attached hydrogen (secondary N) is 1. The van der Waals surface area contributed by atoms with Gasteiger partial charge in [-0.2, -0.15) is 0 Å². The van der Waals surface area contributed by atoms with Crippen molar-refractivity contribution in [2.45, 2.75) is 84.3 Å². The fraction of sp³-hybridized carbons (Fsp3) is 0.586. The van der Waals surface area contributed by atoms with E-state index in [-0.39, 0.29) is 26.2 Å². The molecule has 1 unspecified atom stereocenters. The molecule has 13 nitrogen and oxygen atoms in total. The van der Waals surface area contributed by atoms with Crippen molar-refractivity contribution >= 4 is 35.8 Å². The fourth-order valence-corrected chi connectivity index (χ4v) is 4.04. The summed E-state index contributed by atoms with van der Waals surface area (Å²) in [6.45, 7) is 9.36. The monoisotopic (exact) mass is 591 g/mol.